The quantitative estimate of drug-likeness (QED) is 0.565. The molecule has 3 N–H and O–H groups in total. The Labute approximate surface area is 92.2 Å². The number of halogens is 2. The molecule has 1 heterocycles. The molecule has 0 unspecified atom stereocenters. The molecule has 13 heavy (non-hydrogen) atoms. The van der Waals surface area contributed by atoms with E-state index >= 15 is 0 Å². The number of rotatable bonds is 1. The molecule has 0 fully saturated rings. The van der Waals surface area contributed by atoms with E-state index in [1.807, 2.05) is 5.43 Å². The second kappa shape index (κ2) is 8.45. The van der Waals surface area contributed by atoms with Crippen LogP contribution in [0.15, 0.2) is 24.5 Å². The number of carbonyl (C=O) groups excluding carboxylic acids is 1. The summed E-state index contributed by atoms with van der Waals surface area (Å²) < 4.78 is 0. The number of hydrogen-bond donors (Lipinski definition) is 1. The van der Waals surface area contributed by atoms with Crippen molar-refractivity contribution in [1.82, 2.24) is 10.4 Å². The fourth-order valence-electron chi connectivity index (χ4n) is 0.582. The van der Waals surface area contributed by atoms with Gasteiger partial charge in [-0.15, -0.1) is 0 Å². The van der Waals surface area contributed by atoms with E-state index in [1.165, 1.54) is 0 Å². The predicted molar refractivity (Wildman–Crippen MR) is 49.4 cm³/mol. The van der Waals surface area contributed by atoms with Crippen molar-refractivity contribution >= 4 is 24.7 Å². The van der Waals surface area contributed by atoms with Gasteiger partial charge in [-0.3, -0.25) is 9.78 Å². The molecular formula is C6H7Cl2N3OPt. The summed E-state index contributed by atoms with van der Waals surface area (Å²) in [4.78, 5) is 12.7. The Morgan fingerprint density at radius 1 is 1.46 bits per heavy atom. The van der Waals surface area contributed by atoms with Crippen LogP contribution in [0.4, 0.5) is 0 Å². The van der Waals surface area contributed by atoms with Crippen LogP contribution in [0, 0.1) is 0 Å². The Bertz CT molecular complexity index is 247. The minimum absolute atomic E-state index is 0.164. The van der Waals surface area contributed by atoms with Gasteiger partial charge < -0.3 is 11.3 Å². The standard InChI is InChI=1S/C6H7N3O.2ClH.Pt/c7-9-6(10)5-1-3-8-4-2-5;;;/h1-4H,(H3,7,8,9,10);2*1H;/q;;;+2/p-2. The van der Waals surface area contributed by atoms with E-state index in [4.69, 9.17) is 29.5 Å². The van der Waals surface area contributed by atoms with Gasteiger partial charge >= 0.3 is 41.2 Å². The first-order chi connectivity index (χ1) is 6.26. The van der Waals surface area contributed by atoms with Crippen molar-refractivity contribution in [1.29, 1.82) is 0 Å². The molecule has 1 amide bonds. The molecule has 0 saturated carbocycles. The third-order valence-electron chi connectivity index (χ3n) is 1.07. The third-order valence-corrected chi connectivity index (χ3v) is 1.07. The average molecular weight is 403 g/mol. The van der Waals surface area contributed by atoms with E-state index in [-0.39, 0.29) is 5.91 Å². The van der Waals surface area contributed by atoms with Gasteiger partial charge in [-0.2, -0.15) is 0 Å². The predicted octanol–water partition coefficient (Wildman–Crippen LogP) is 1.87. The second-order valence-electron chi connectivity index (χ2n) is 1.75. The van der Waals surface area contributed by atoms with Crippen molar-refractivity contribution in [3.63, 3.8) is 0 Å². The maximum Gasteiger partial charge on any atom is 0.405 e. The van der Waals surface area contributed by atoms with Crippen LogP contribution in [0.1, 0.15) is 5.56 Å². The molecule has 0 aliphatic rings. The molecule has 7 heteroatoms. The molecule has 0 atom stereocenters. The second-order valence-corrected chi connectivity index (χ2v) is 5.04. The van der Waals surface area contributed by atoms with Gasteiger partial charge in [0.15, 0.2) is 0 Å². The zero-order valence-electron chi connectivity index (χ0n) is 6.28. The Kier molecular flexibility index (Phi) is 8.35. The number of hydrogen-bond acceptors (Lipinski definition) is 1. The maximum atomic E-state index is 8.92. The van der Waals surface area contributed by atoms with E-state index in [1.54, 1.807) is 24.5 Å². The van der Waals surface area contributed by atoms with E-state index in [2.05, 4.69) is 4.98 Å². The number of aromatic nitrogens is 1. The zero-order chi connectivity index (χ0) is 10.1. The maximum absolute atomic E-state index is 8.92. The van der Waals surface area contributed by atoms with Crippen LogP contribution in [-0.4, -0.2) is 15.7 Å². The van der Waals surface area contributed by atoms with Crippen LogP contribution >= 0.6 is 18.8 Å². The van der Waals surface area contributed by atoms with Crippen molar-refractivity contribution in [3.05, 3.63) is 35.9 Å². The van der Waals surface area contributed by atoms with Crippen LogP contribution in [0.5, 0.6) is 0 Å². The average Bonchev–Trinajstić information content (AvgIpc) is 2.19. The Hall–Kier alpha value is -0.152. The molecule has 0 aliphatic carbocycles. The van der Waals surface area contributed by atoms with Crippen LogP contribution < -0.4 is 5.43 Å². The van der Waals surface area contributed by atoms with Gasteiger partial charge in [0.25, 0.3) is 0 Å². The minimum atomic E-state index is -0.472. The molecule has 0 bridgehead atoms. The number of amides is 1. The summed E-state index contributed by atoms with van der Waals surface area (Å²) >= 11 is -0.472. The van der Waals surface area contributed by atoms with Gasteiger partial charge in [0.1, 0.15) is 5.56 Å². The monoisotopic (exact) mass is 402 g/mol. The zero-order valence-corrected chi connectivity index (χ0v) is 10.1. The molecule has 0 spiro atoms. The van der Waals surface area contributed by atoms with Gasteiger partial charge in [-0.25, -0.2) is 0 Å². The summed E-state index contributed by atoms with van der Waals surface area (Å²) in [6, 6.07) is 3.22. The molecule has 1 rings (SSSR count). The largest absolute Gasteiger partial charge is 0.579 e. The van der Waals surface area contributed by atoms with Crippen LogP contribution in [-0.2, 0) is 16.5 Å². The fourth-order valence-corrected chi connectivity index (χ4v) is 0.582. The third kappa shape index (κ3) is 5.99. The molecular weight excluding hydrogens is 396 g/mol. The molecule has 76 valence electrons. The van der Waals surface area contributed by atoms with E-state index in [0.717, 1.165) is 0 Å². The van der Waals surface area contributed by atoms with Crippen LogP contribution in [0.2, 0.25) is 0 Å². The summed E-state index contributed by atoms with van der Waals surface area (Å²) in [5.74, 6) is 6.42. The van der Waals surface area contributed by atoms with E-state index in [0.29, 0.717) is 5.56 Å². The van der Waals surface area contributed by atoms with Crippen molar-refractivity contribution in [3.8, 4) is 0 Å². The number of nitrogens with zero attached hydrogens (tertiary/aromatic N) is 1. The Morgan fingerprint density at radius 3 is 2.31 bits per heavy atom. The van der Waals surface area contributed by atoms with Gasteiger partial charge in [-0.1, -0.05) is 0 Å². The first-order valence-electron chi connectivity index (χ1n) is 2.97. The van der Waals surface area contributed by atoms with Crippen molar-refractivity contribution < 1.29 is 21.3 Å². The van der Waals surface area contributed by atoms with Crippen LogP contribution in [0.3, 0.4) is 0 Å². The summed E-state index contributed by atoms with van der Waals surface area (Å²) in [6.07, 6.45) is 3.09. The topological polar surface area (TPSA) is 70.1 Å². The van der Waals surface area contributed by atoms with Gasteiger partial charge in [0.05, 0.1) is 0 Å². The Morgan fingerprint density at radius 2 is 1.92 bits per heavy atom. The molecule has 4 nitrogen and oxygen atoms in total. The van der Waals surface area contributed by atoms with Gasteiger partial charge in [0.2, 0.25) is 0 Å². The SMILES string of the molecule is [Cl][Pt][Cl].[NH-]NC(=[OH+])c1ccncc1. The normalized spacial score (nSPS) is 8.54. The minimum Gasteiger partial charge on any atom is -0.579 e. The summed E-state index contributed by atoms with van der Waals surface area (Å²) in [7, 11) is 9.75. The number of nitrogens with one attached hydrogen (secondary N) is 2. The molecule has 0 radical (unpaired) electrons. The summed E-state index contributed by atoms with van der Waals surface area (Å²) in [5.41, 5.74) is 2.44. The first-order valence-corrected chi connectivity index (χ1v) is 8.60. The molecule has 0 saturated heterocycles. The van der Waals surface area contributed by atoms with E-state index < -0.39 is 16.5 Å². The van der Waals surface area contributed by atoms with E-state index in [9.17, 15) is 0 Å². The smallest absolute Gasteiger partial charge is 0.405 e. The van der Waals surface area contributed by atoms with Crippen molar-refractivity contribution in [2.45, 2.75) is 0 Å². The summed E-state index contributed by atoms with van der Waals surface area (Å²) in [5, 5.41) is 0. The molecule has 1 aromatic heterocycles. The molecule has 0 aromatic carbocycles. The van der Waals surface area contributed by atoms with Crippen molar-refractivity contribution in [2.24, 2.45) is 0 Å². The van der Waals surface area contributed by atoms with Crippen molar-refractivity contribution in [2.75, 3.05) is 0 Å². The van der Waals surface area contributed by atoms with Gasteiger partial charge in [-0.05, 0) is 12.1 Å². The fraction of sp³-hybridized carbons (Fsp3) is 0. The number of pyridine rings is 1. The van der Waals surface area contributed by atoms with Crippen LogP contribution in [0.25, 0.3) is 5.84 Å². The first kappa shape index (κ1) is 12.8. The molecule has 1 aromatic rings. The van der Waals surface area contributed by atoms with Gasteiger partial charge in [0, 0.05) is 12.4 Å². The summed E-state index contributed by atoms with van der Waals surface area (Å²) in [6.45, 7) is 0. The Balaban J connectivity index is 0.000000424. The molecule has 0 aliphatic heterocycles.